The van der Waals surface area contributed by atoms with Crippen molar-refractivity contribution in [2.45, 2.75) is 46.1 Å². The van der Waals surface area contributed by atoms with Crippen LogP contribution in [0.4, 0.5) is 5.82 Å². The third kappa shape index (κ3) is 3.78. The number of carbonyl (C=O) groups excluding carboxylic acids is 1. The molecule has 1 unspecified atom stereocenters. The molecule has 1 aromatic carbocycles. The first kappa shape index (κ1) is 17.7. The summed E-state index contributed by atoms with van der Waals surface area (Å²) in [4.78, 5) is 22.3. The van der Waals surface area contributed by atoms with Gasteiger partial charge in [0.25, 0.3) is 5.91 Å². The van der Waals surface area contributed by atoms with Gasteiger partial charge < -0.3 is 9.80 Å². The molecule has 0 bridgehead atoms. The summed E-state index contributed by atoms with van der Waals surface area (Å²) in [6, 6.07) is 10.3. The van der Waals surface area contributed by atoms with Crippen molar-refractivity contribution >= 4 is 22.6 Å². The molecule has 1 saturated heterocycles. The number of para-hydroxylation sites is 1. The summed E-state index contributed by atoms with van der Waals surface area (Å²) in [5.74, 6) is 1.50. The van der Waals surface area contributed by atoms with E-state index in [1.807, 2.05) is 42.3 Å². The highest BCUT2D eigenvalue weighted by Gasteiger charge is 2.26. The summed E-state index contributed by atoms with van der Waals surface area (Å²) in [6.07, 6.45) is 3.34. The van der Waals surface area contributed by atoms with Gasteiger partial charge in [-0.2, -0.15) is 0 Å². The number of amides is 1. The van der Waals surface area contributed by atoms with Crippen LogP contribution in [0.15, 0.2) is 30.3 Å². The van der Waals surface area contributed by atoms with Gasteiger partial charge in [0.2, 0.25) is 0 Å². The molecule has 1 aliphatic heterocycles. The molecule has 2 aromatic rings. The zero-order valence-corrected chi connectivity index (χ0v) is 15.8. The molecule has 0 radical (unpaired) electrons. The van der Waals surface area contributed by atoms with Crippen molar-refractivity contribution in [1.29, 1.82) is 0 Å². The van der Waals surface area contributed by atoms with Crippen molar-refractivity contribution in [1.82, 2.24) is 9.88 Å². The fourth-order valence-corrected chi connectivity index (χ4v) is 3.66. The molecule has 0 spiro atoms. The van der Waals surface area contributed by atoms with Crippen LogP contribution >= 0.6 is 0 Å². The van der Waals surface area contributed by atoms with E-state index in [-0.39, 0.29) is 11.9 Å². The standard InChI is InChI=1S/C21H29N3O/c1-15(2)13-16(3)23(4)21(25)18-14-17-9-5-6-10-19(17)22-20(18)24-11-7-8-12-24/h5-6,9-10,14-16H,7-8,11-13H2,1-4H3. The summed E-state index contributed by atoms with van der Waals surface area (Å²) >= 11 is 0. The second-order valence-electron chi connectivity index (χ2n) is 7.64. The minimum atomic E-state index is 0.0771. The van der Waals surface area contributed by atoms with E-state index in [2.05, 4.69) is 25.7 Å². The van der Waals surface area contributed by atoms with Gasteiger partial charge in [-0.25, -0.2) is 4.98 Å². The molecule has 1 aromatic heterocycles. The lowest BCUT2D eigenvalue weighted by molar-refractivity contribution is 0.0728. The van der Waals surface area contributed by atoms with E-state index in [4.69, 9.17) is 4.98 Å². The number of anilines is 1. The van der Waals surface area contributed by atoms with E-state index in [0.29, 0.717) is 5.92 Å². The number of fused-ring (bicyclic) bond motifs is 1. The zero-order chi connectivity index (χ0) is 18.0. The van der Waals surface area contributed by atoms with Crippen LogP contribution in [0.1, 0.15) is 50.4 Å². The maximum Gasteiger partial charge on any atom is 0.257 e. The van der Waals surface area contributed by atoms with Gasteiger partial charge in [-0.05, 0) is 44.2 Å². The summed E-state index contributed by atoms with van der Waals surface area (Å²) in [7, 11) is 1.92. The van der Waals surface area contributed by atoms with E-state index in [0.717, 1.165) is 41.8 Å². The third-order valence-corrected chi connectivity index (χ3v) is 5.13. The molecular formula is C21H29N3O. The normalized spacial score (nSPS) is 15.8. The number of hydrogen-bond acceptors (Lipinski definition) is 3. The van der Waals surface area contributed by atoms with Crippen molar-refractivity contribution in [2.24, 2.45) is 5.92 Å². The lowest BCUT2D eigenvalue weighted by Crippen LogP contribution is -2.37. The SMILES string of the molecule is CC(C)CC(C)N(C)C(=O)c1cc2ccccc2nc1N1CCCC1. The molecule has 4 nitrogen and oxygen atoms in total. The highest BCUT2D eigenvalue weighted by molar-refractivity contribution is 6.02. The molecule has 1 aliphatic rings. The molecule has 4 heteroatoms. The molecular weight excluding hydrogens is 310 g/mol. The van der Waals surface area contributed by atoms with Crippen molar-refractivity contribution in [2.75, 3.05) is 25.0 Å². The predicted molar refractivity (Wildman–Crippen MR) is 104 cm³/mol. The van der Waals surface area contributed by atoms with Crippen LogP contribution in [0.5, 0.6) is 0 Å². The van der Waals surface area contributed by atoms with Gasteiger partial charge in [0.1, 0.15) is 5.82 Å². The van der Waals surface area contributed by atoms with Crippen LogP contribution in [0.25, 0.3) is 10.9 Å². The van der Waals surface area contributed by atoms with Crippen LogP contribution < -0.4 is 4.90 Å². The van der Waals surface area contributed by atoms with Gasteiger partial charge in [-0.3, -0.25) is 4.79 Å². The molecule has 25 heavy (non-hydrogen) atoms. The smallest absolute Gasteiger partial charge is 0.257 e. The molecule has 0 aliphatic carbocycles. The van der Waals surface area contributed by atoms with Gasteiger partial charge in [-0.1, -0.05) is 32.0 Å². The zero-order valence-electron chi connectivity index (χ0n) is 15.8. The number of benzene rings is 1. The number of pyridine rings is 1. The maximum atomic E-state index is 13.2. The Kier molecular flexibility index (Phi) is 5.26. The second kappa shape index (κ2) is 7.42. The first-order chi connectivity index (χ1) is 12.0. The van der Waals surface area contributed by atoms with Gasteiger partial charge in [0.05, 0.1) is 11.1 Å². The van der Waals surface area contributed by atoms with Crippen molar-refractivity contribution < 1.29 is 4.79 Å². The summed E-state index contributed by atoms with van der Waals surface area (Å²) < 4.78 is 0. The van der Waals surface area contributed by atoms with E-state index in [1.165, 1.54) is 12.8 Å². The molecule has 1 atom stereocenters. The highest BCUT2D eigenvalue weighted by atomic mass is 16.2. The van der Waals surface area contributed by atoms with Crippen LogP contribution in [0.3, 0.4) is 0 Å². The lowest BCUT2D eigenvalue weighted by Gasteiger charge is -2.28. The average molecular weight is 339 g/mol. The van der Waals surface area contributed by atoms with Crippen molar-refractivity contribution in [3.8, 4) is 0 Å². The largest absolute Gasteiger partial charge is 0.356 e. The monoisotopic (exact) mass is 339 g/mol. The fraction of sp³-hybridized carbons (Fsp3) is 0.524. The Morgan fingerprint density at radius 2 is 1.88 bits per heavy atom. The van der Waals surface area contributed by atoms with Crippen LogP contribution in [-0.4, -0.2) is 42.0 Å². The van der Waals surface area contributed by atoms with E-state index in [1.54, 1.807) is 0 Å². The second-order valence-corrected chi connectivity index (χ2v) is 7.64. The quantitative estimate of drug-likeness (QED) is 0.813. The molecule has 1 fully saturated rings. The Labute approximate surface area is 150 Å². The summed E-state index contributed by atoms with van der Waals surface area (Å²) in [5, 5.41) is 1.03. The van der Waals surface area contributed by atoms with Gasteiger partial charge in [0.15, 0.2) is 0 Å². The maximum absolute atomic E-state index is 13.2. The third-order valence-electron chi connectivity index (χ3n) is 5.13. The van der Waals surface area contributed by atoms with Crippen molar-refractivity contribution in [3.63, 3.8) is 0 Å². The predicted octanol–water partition coefficient (Wildman–Crippen LogP) is 4.34. The Hall–Kier alpha value is -2.10. The molecule has 0 N–H and O–H groups in total. The molecule has 134 valence electrons. The molecule has 0 saturated carbocycles. The van der Waals surface area contributed by atoms with Gasteiger partial charge in [-0.15, -0.1) is 0 Å². The molecule has 2 heterocycles. The fourth-order valence-electron chi connectivity index (χ4n) is 3.66. The summed E-state index contributed by atoms with van der Waals surface area (Å²) in [6.45, 7) is 8.49. The number of nitrogens with zero attached hydrogens (tertiary/aromatic N) is 3. The molecule has 1 amide bonds. The highest BCUT2D eigenvalue weighted by Crippen LogP contribution is 2.28. The average Bonchev–Trinajstić information content (AvgIpc) is 3.13. The van der Waals surface area contributed by atoms with E-state index in [9.17, 15) is 4.79 Å². The van der Waals surface area contributed by atoms with Crippen LogP contribution in [-0.2, 0) is 0 Å². The number of hydrogen-bond donors (Lipinski definition) is 0. The number of carbonyl (C=O) groups is 1. The lowest BCUT2D eigenvalue weighted by atomic mass is 10.0. The van der Waals surface area contributed by atoms with E-state index < -0.39 is 0 Å². The van der Waals surface area contributed by atoms with Gasteiger partial charge >= 0.3 is 0 Å². The first-order valence-corrected chi connectivity index (χ1v) is 9.39. The number of rotatable bonds is 5. The minimum Gasteiger partial charge on any atom is -0.356 e. The first-order valence-electron chi connectivity index (χ1n) is 9.39. The van der Waals surface area contributed by atoms with Crippen LogP contribution in [0.2, 0.25) is 0 Å². The Bertz CT molecular complexity index is 750. The van der Waals surface area contributed by atoms with Crippen LogP contribution in [0, 0.1) is 5.92 Å². The van der Waals surface area contributed by atoms with Gasteiger partial charge in [0, 0.05) is 31.6 Å². The Morgan fingerprint density at radius 3 is 2.56 bits per heavy atom. The minimum absolute atomic E-state index is 0.0771. The summed E-state index contributed by atoms with van der Waals surface area (Å²) in [5.41, 5.74) is 1.69. The Balaban J connectivity index is 2.00. The Morgan fingerprint density at radius 1 is 1.20 bits per heavy atom. The number of aromatic nitrogens is 1. The van der Waals surface area contributed by atoms with Crippen molar-refractivity contribution in [3.05, 3.63) is 35.9 Å². The molecule has 3 rings (SSSR count). The topological polar surface area (TPSA) is 36.4 Å². The van der Waals surface area contributed by atoms with E-state index >= 15 is 0 Å².